The predicted molar refractivity (Wildman–Crippen MR) is 67.4 cm³/mol. The highest BCUT2D eigenvalue weighted by Crippen LogP contribution is 2.25. The van der Waals surface area contributed by atoms with Gasteiger partial charge in [0.25, 0.3) is 0 Å². The molecule has 15 heavy (non-hydrogen) atoms. The summed E-state index contributed by atoms with van der Waals surface area (Å²) in [6.07, 6.45) is 2.42. The molecule has 0 aliphatic rings. The molecule has 0 bridgehead atoms. The van der Waals surface area contributed by atoms with Crippen LogP contribution in [0.1, 0.15) is 30.0 Å². The summed E-state index contributed by atoms with van der Waals surface area (Å²) in [6, 6.07) is 11.0. The van der Waals surface area contributed by atoms with E-state index in [1.165, 1.54) is 40.3 Å². The third-order valence-corrected chi connectivity index (χ3v) is 3.17. The first kappa shape index (κ1) is 10.2. The van der Waals surface area contributed by atoms with E-state index < -0.39 is 0 Å². The second-order valence-corrected chi connectivity index (χ2v) is 4.27. The summed E-state index contributed by atoms with van der Waals surface area (Å²) in [5, 5.41) is 2.78. The highest BCUT2D eigenvalue weighted by Gasteiger charge is 2.05. The molecule has 0 aromatic heterocycles. The lowest BCUT2D eigenvalue weighted by Crippen LogP contribution is -1.94. The maximum atomic E-state index is 2.31. The molecule has 2 aromatic carbocycles. The van der Waals surface area contributed by atoms with Crippen LogP contribution in [-0.4, -0.2) is 0 Å². The minimum atomic E-state index is 1.20. The zero-order valence-corrected chi connectivity index (χ0v) is 9.80. The lowest BCUT2D eigenvalue weighted by atomic mass is 9.93. The van der Waals surface area contributed by atoms with Crippen molar-refractivity contribution >= 4 is 10.8 Å². The van der Waals surface area contributed by atoms with E-state index in [9.17, 15) is 0 Å². The predicted octanol–water partition coefficient (Wildman–Crippen LogP) is 4.41. The van der Waals surface area contributed by atoms with Gasteiger partial charge in [0, 0.05) is 0 Å². The lowest BCUT2D eigenvalue weighted by molar-refractivity contribution is 0.906. The number of hydrogen-bond donors (Lipinski definition) is 0. The third-order valence-electron chi connectivity index (χ3n) is 3.17. The maximum Gasteiger partial charge on any atom is -0.0152 e. The summed E-state index contributed by atoms with van der Waals surface area (Å²) in [5.41, 5.74) is 4.44. The van der Waals surface area contributed by atoms with Crippen LogP contribution in [0, 0.1) is 13.8 Å². The molecule has 0 unspecified atom stereocenters. The number of hydrogen-bond acceptors (Lipinski definition) is 0. The first-order valence-electron chi connectivity index (χ1n) is 5.72. The molecule has 0 saturated carbocycles. The van der Waals surface area contributed by atoms with E-state index in [1.54, 1.807) is 0 Å². The summed E-state index contributed by atoms with van der Waals surface area (Å²) >= 11 is 0. The van der Waals surface area contributed by atoms with Crippen molar-refractivity contribution in [2.75, 3.05) is 0 Å². The first-order valence-corrected chi connectivity index (χ1v) is 5.72. The van der Waals surface area contributed by atoms with Gasteiger partial charge in [-0.1, -0.05) is 43.7 Å². The number of fused-ring (bicyclic) bond motifs is 1. The molecule has 0 radical (unpaired) electrons. The van der Waals surface area contributed by atoms with Gasteiger partial charge in [0.2, 0.25) is 0 Å². The van der Waals surface area contributed by atoms with Crippen molar-refractivity contribution in [3.8, 4) is 0 Å². The Morgan fingerprint density at radius 1 is 1.07 bits per heavy atom. The van der Waals surface area contributed by atoms with Gasteiger partial charge in [-0.05, 0) is 47.7 Å². The van der Waals surface area contributed by atoms with Crippen LogP contribution in [0.4, 0.5) is 0 Å². The van der Waals surface area contributed by atoms with Crippen LogP contribution in [0.2, 0.25) is 0 Å². The molecule has 78 valence electrons. The van der Waals surface area contributed by atoms with Gasteiger partial charge in [-0.15, -0.1) is 0 Å². The molecule has 0 saturated heterocycles. The molecule has 0 spiro atoms. The highest BCUT2D eigenvalue weighted by atomic mass is 14.1. The molecule has 0 N–H and O–H groups in total. The Bertz CT molecular complexity index is 481. The average Bonchev–Trinajstić information content (AvgIpc) is 2.24. The van der Waals surface area contributed by atoms with Gasteiger partial charge in [0.1, 0.15) is 0 Å². The van der Waals surface area contributed by atoms with Crippen LogP contribution in [0.5, 0.6) is 0 Å². The van der Waals surface area contributed by atoms with Crippen LogP contribution in [0.3, 0.4) is 0 Å². The monoisotopic (exact) mass is 198 g/mol. The van der Waals surface area contributed by atoms with Crippen molar-refractivity contribution in [1.82, 2.24) is 0 Å². The second-order valence-electron chi connectivity index (χ2n) is 4.27. The smallest absolute Gasteiger partial charge is 0.0152 e. The van der Waals surface area contributed by atoms with Gasteiger partial charge in [-0.3, -0.25) is 0 Å². The summed E-state index contributed by atoms with van der Waals surface area (Å²) in [7, 11) is 0. The topological polar surface area (TPSA) is 0 Å². The largest absolute Gasteiger partial charge is 0.0651 e. The SMILES string of the molecule is CCCc1c(C)cc2ccccc2c1C. The second kappa shape index (κ2) is 4.06. The lowest BCUT2D eigenvalue weighted by Gasteiger charge is -2.12. The minimum Gasteiger partial charge on any atom is -0.0651 e. The van der Waals surface area contributed by atoms with Gasteiger partial charge in [-0.2, -0.15) is 0 Å². The van der Waals surface area contributed by atoms with E-state index >= 15 is 0 Å². The van der Waals surface area contributed by atoms with Crippen LogP contribution < -0.4 is 0 Å². The van der Waals surface area contributed by atoms with Crippen molar-refractivity contribution in [2.24, 2.45) is 0 Å². The van der Waals surface area contributed by atoms with E-state index in [-0.39, 0.29) is 0 Å². The Morgan fingerprint density at radius 3 is 2.53 bits per heavy atom. The van der Waals surface area contributed by atoms with Crippen molar-refractivity contribution in [3.05, 3.63) is 47.0 Å². The third kappa shape index (κ3) is 1.77. The van der Waals surface area contributed by atoms with Gasteiger partial charge >= 0.3 is 0 Å². The molecule has 0 heteroatoms. The Hall–Kier alpha value is -1.30. The summed E-state index contributed by atoms with van der Waals surface area (Å²) in [5.74, 6) is 0. The number of rotatable bonds is 2. The van der Waals surface area contributed by atoms with E-state index in [0.717, 1.165) is 0 Å². The molecule has 0 atom stereocenters. The normalized spacial score (nSPS) is 10.9. The maximum absolute atomic E-state index is 2.31. The summed E-state index contributed by atoms with van der Waals surface area (Å²) in [4.78, 5) is 0. The van der Waals surface area contributed by atoms with E-state index in [1.807, 2.05) is 0 Å². The fourth-order valence-electron chi connectivity index (χ4n) is 2.38. The first-order chi connectivity index (χ1) is 7.24. The molecule has 0 aliphatic heterocycles. The van der Waals surface area contributed by atoms with Crippen molar-refractivity contribution in [3.63, 3.8) is 0 Å². The van der Waals surface area contributed by atoms with Crippen molar-refractivity contribution in [2.45, 2.75) is 33.6 Å². The molecule has 0 fully saturated rings. The molecule has 2 aromatic rings. The number of aryl methyl sites for hydroxylation is 2. The Morgan fingerprint density at radius 2 is 1.80 bits per heavy atom. The van der Waals surface area contributed by atoms with Crippen molar-refractivity contribution in [1.29, 1.82) is 0 Å². The molecule has 0 amide bonds. The Kier molecular flexibility index (Phi) is 2.77. The highest BCUT2D eigenvalue weighted by molar-refractivity contribution is 5.87. The Labute approximate surface area is 91.9 Å². The van der Waals surface area contributed by atoms with E-state index in [0.29, 0.717) is 0 Å². The van der Waals surface area contributed by atoms with E-state index in [2.05, 4.69) is 51.1 Å². The zero-order valence-electron chi connectivity index (χ0n) is 9.80. The molecule has 0 nitrogen and oxygen atoms in total. The van der Waals surface area contributed by atoms with Gasteiger partial charge < -0.3 is 0 Å². The molecular weight excluding hydrogens is 180 g/mol. The number of benzene rings is 2. The van der Waals surface area contributed by atoms with Crippen molar-refractivity contribution < 1.29 is 0 Å². The van der Waals surface area contributed by atoms with Crippen LogP contribution in [-0.2, 0) is 6.42 Å². The van der Waals surface area contributed by atoms with Crippen LogP contribution in [0.25, 0.3) is 10.8 Å². The van der Waals surface area contributed by atoms with E-state index in [4.69, 9.17) is 0 Å². The van der Waals surface area contributed by atoms with Gasteiger partial charge in [-0.25, -0.2) is 0 Å². The van der Waals surface area contributed by atoms with Gasteiger partial charge in [0.15, 0.2) is 0 Å². The average molecular weight is 198 g/mol. The zero-order chi connectivity index (χ0) is 10.8. The minimum absolute atomic E-state index is 1.20. The molecular formula is C15H18. The van der Waals surface area contributed by atoms with Crippen LogP contribution >= 0.6 is 0 Å². The Balaban J connectivity index is 2.72. The van der Waals surface area contributed by atoms with Crippen LogP contribution in [0.15, 0.2) is 30.3 Å². The summed E-state index contributed by atoms with van der Waals surface area (Å²) in [6.45, 7) is 6.72. The fraction of sp³-hybridized carbons (Fsp3) is 0.333. The van der Waals surface area contributed by atoms with Gasteiger partial charge in [0.05, 0.1) is 0 Å². The summed E-state index contributed by atoms with van der Waals surface area (Å²) < 4.78 is 0. The molecule has 0 aliphatic carbocycles. The molecule has 0 heterocycles. The fourth-order valence-corrected chi connectivity index (χ4v) is 2.38. The standard InChI is InChI=1S/C15H18/c1-4-7-14-11(2)10-13-8-5-6-9-15(13)12(14)3/h5-6,8-10H,4,7H2,1-3H3. The quantitative estimate of drug-likeness (QED) is 0.670. The molecule has 2 rings (SSSR count).